The summed E-state index contributed by atoms with van der Waals surface area (Å²) in [6.45, 7) is 4.07. The summed E-state index contributed by atoms with van der Waals surface area (Å²) < 4.78 is 50.5. The average molecular weight is 450 g/mol. The maximum atomic E-state index is 13.3. The number of nitrogens with zero attached hydrogens (tertiary/aromatic N) is 1. The minimum absolute atomic E-state index is 0.00573. The molecule has 0 atom stereocenters. The lowest BCUT2D eigenvalue weighted by molar-refractivity contribution is -0.146. The lowest BCUT2D eigenvalue weighted by Crippen LogP contribution is -2.51. The van der Waals surface area contributed by atoms with Crippen LogP contribution in [0, 0.1) is 5.41 Å². The first-order valence-electron chi connectivity index (χ1n) is 9.13. The molecule has 0 bridgehead atoms. The molecule has 150 valence electrons. The topological polar surface area (TPSA) is 38.8 Å². The van der Waals surface area contributed by atoms with Crippen LogP contribution in [0.25, 0.3) is 0 Å². The van der Waals surface area contributed by atoms with Crippen LogP contribution < -0.4 is 4.74 Å². The van der Waals surface area contributed by atoms with Crippen molar-refractivity contribution in [3.05, 3.63) is 28.2 Å². The molecule has 1 spiro atoms. The van der Waals surface area contributed by atoms with E-state index in [0.717, 1.165) is 38.8 Å². The molecule has 2 fully saturated rings. The van der Waals surface area contributed by atoms with E-state index in [2.05, 4.69) is 20.8 Å². The predicted octanol–water partition coefficient (Wildman–Crippen LogP) is 4.65. The Bertz CT molecular complexity index is 679. The first kappa shape index (κ1) is 20.5. The number of hydrogen-bond donors (Lipinski definition) is 0. The molecule has 0 N–H and O–H groups in total. The van der Waals surface area contributed by atoms with E-state index >= 15 is 0 Å². The minimum Gasteiger partial charge on any atom is -0.490 e. The quantitative estimate of drug-likeness (QED) is 0.613. The van der Waals surface area contributed by atoms with Crippen LogP contribution >= 0.6 is 15.9 Å². The number of carbonyl (C=O) groups excluding carboxylic acids is 1. The minimum atomic E-state index is -4.46. The Kier molecular flexibility index (Phi) is 6.05. The van der Waals surface area contributed by atoms with Gasteiger partial charge >= 0.3 is 12.1 Å². The van der Waals surface area contributed by atoms with Crippen LogP contribution in [0.3, 0.4) is 0 Å². The number of esters is 1. The summed E-state index contributed by atoms with van der Waals surface area (Å²) in [6, 6.07) is 4.30. The zero-order valence-electron chi connectivity index (χ0n) is 15.2. The van der Waals surface area contributed by atoms with Crippen LogP contribution in [0.1, 0.15) is 38.2 Å². The fourth-order valence-electron chi connectivity index (χ4n) is 4.03. The van der Waals surface area contributed by atoms with Gasteiger partial charge in [0.25, 0.3) is 0 Å². The van der Waals surface area contributed by atoms with E-state index in [1.54, 1.807) is 13.0 Å². The van der Waals surface area contributed by atoms with Crippen molar-refractivity contribution < 1.29 is 27.4 Å². The smallest absolute Gasteiger partial charge is 0.421 e. The number of halogens is 4. The van der Waals surface area contributed by atoms with Crippen molar-refractivity contribution in [3.8, 4) is 5.75 Å². The summed E-state index contributed by atoms with van der Waals surface area (Å²) in [5.74, 6) is -0.325. The maximum absolute atomic E-state index is 13.3. The van der Waals surface area contributed by atoms with Gasteiger partial charge in [0.2, 0.25) is 0 Å². The van der Waals surface area contributed by atoms with E-state index in [0.29, 0.717) is 13.2 Å². The highest BCUT2D eigenvalue weighted by Crippen LogP contribution is 2.51. The molecule has 27 heavy (non-hydrogen) atoms. The molecule has 0 aromatic heterocycles. The molecule has 0 unspecified atom stereocenters. The van der Waals surface area contributed by atoms with Crippen LogP contribution in [-0.4, -0.2) is 43.2 Å². The maximum Gasteiger partial charge on any atom is 0.421 e. The number of carbonyl (C=O) groups is 1. The van der Waals surface area contributed by atoms with Crippen LogP contribution in [0.4, 0.5) is 13.2 Å². The van der Waals surface area contributed by atoms with Gasteiger partial charge in [-0.05, 0) is 63.2 Å². The highest BCUT2D eigenvalue weighted by Gasteiger charge is 2.48. The Morgan fingerprint density at radius 3 is 2.56 bits per heavy atom. The van der Waals surface area contributed by atoms with Crippen molar-refractivity contribution >= 4 is 21.9 Å². The monoisotopic (exact) mass is 449 g/mol. The van der Waals surface area contributed by atoms with Crippen molar-refractivity contribution in [1.29, 1.82) is 0 Å². The van der Waals surface area contributed by atoms with Gasteiger partial charge in [-0.25, -0.2) is 0 Å². The molecule has 1 aromatic carbocycles. The molecule has 0 amide bonds. The Labute approximate surface area is 165 Å². The SMILES string of the molecule is CCOC(=O)CN1CCC2(CC1)CC(Oc1cccc(Br)c1C(F)(F)F)C2. The second-order valence-electron chi connectivity index (χ2n) is 7.34. The molecule has 8 heteroatoms. The second kappa shape index (κ2) is 7.99. The third kappa shape index (κ3) is 4.77. The van der Waals surface area contributed by atoms with E-state index < -0.39 is 11.7 Å². The first-order valence-corrected chi connectivity index (χ1v) is 9.92. The molecule has 3 rings (SSSR count). The van der Waals surface area contributed by atoms with Gasteiger partial charge in [-0.3, -0.25) is 9.69 Å². The van der Waals surface area contributed by atoms with E-state index in [9.17, 15) is 18.0 Å². The molecule has 1 heterocycles. The zero-order valence-corrected chi connectivity index (χ0v) is 16.7. The Morgan fingerprint density at radius 2 is 1.96 bits per heavy atom. The molecule has 1 aliphatic heterocycles. The number of rotatable bonds is 5. The standard InChI is InChI=1S/C19H23BrF3NO3/c1-2-26-16(25)12-24-8-6-18(7-9-24)10-13(11-18)27-15-5-3-4-14(20)17(15)19(21,22)23/h3-5,13H,2,6-12H2,1H3. The molecular weight excluding hydrogens is 427 g/mol. The molecule has 4 nitrogen and oxygen atoms in total. The molecule has 1 saturated carbocycles. The number of benzene rings is 1. The summed E-state index contributed by atoms with van der Waals surface area (Å²) in [6.07, 6.45) is -1.30. The molecule has 2 aliphatic rings. The van der Waals surface area contributed by atoms with Crippen molar-refractivity contribution in [2.75, 3.05) is 26.2 Å². The van der Waals surface area contributed by atoms with E-state index in [1.807, 2.05) is 0 Å². The zero-order chi connectivity index (χ0) is 19.7. The largest absolute Gasteiger partial charge is 0.490 e. The fraction of sp³-hybridized carbons (Fsp3) is 0.632. The highest BCUT2D eigenvalue weighted by atomic mass is 79.9. The normalized spacial score (nSPS) is 20.3. The average Bonchev–Trinajstić information content (AvgIpc) is 2.54. The Balaban J connectivity index is 1.53. The first-order chi connectivity index (χ1) is 12.7. The fourth-order valence-corrected chi connectivity index (χ4v) is 4.60. The number of alkyl halides is 3. The van der Waals surface area contributed by atoms with Crippen LogP contribution in [0.2, 0.25) is 0 Å². The molecule has 1 aromatic rings. The lowest BCUT2D eigenvalue weighted by atomic mass is 9.61. The van der Waals surface area contributed by atoms with Gasteiger partial charge in [-0.15, -0.1) is 0 Å². The van der Waals surface area contributed by atoms with Crippen LogP contribution in [-0.2, 0) is 15.7 Å². The number of piperidine rings is 1. The van der Waals surface area contributed by atoms with Gasteiger partial charge in [0.05, 0.1) is 19.3 Å². The van der Waals surface area contributed by atoms with Crippen molar-refractivity contribution in [1.82, 2.24) is 4.90 Å². The number of hydrogen-bond acceptors (Lipinski definition) is 4. The Hall–Kier alpha value is -1.28. The second-order valence-corrected chi connectivity index (χ2v) is 8.19. The summed E-state index contributed by atoms with van der Waals surface area (Å²) in [5.41, 5.74) is -0.629. The summed E-state index contributed by atoms with van der Waals surface area (Å²) in [4.78, 5) is 13.6. The van der Waals surface area contributed by atoms with E-state index in [1.165, 1.54) is 12.1 Å². The van der Waals surface area contributed by atoms with Crippen molar-refractivity contribution in [2.24, 2.45) is 5.41 Å². The van der Waals surface area contributed by atoms with Crippen LogP contribution in [0.15, 0.2) is 22.7 Å². The molecular formula is C19H23BrF3NO3. The van der Waals surface area contributed by atoms with E-state index in [4.69, 9.17) is 9.47 Å². The van der Waals surface area contributed by atoms with Gasteiger partial charge in [0.1, 0.15) is 11.3 Å². The van der Waals surface area contributed by atoms with Gasteiger partial charge in [-0.2, -0.15) is 13.2 Å². The summed E-state index contributed by atoms with van der Waals surface area (Å²) >= 11 is 2.98. The van der Waals surface area contributed by atoms with Gasteiger partial charge in [-0.1, -0.05) is 22.0 Å². The predicted molar refractivity (Wildman–Crippen MR) is 97.5 cm³/mol. The number of ether oxygens (including phenoxy) is 2. The number of likely N-dealkylation sites (tertiary alicyclic amines) is 1. The van der Waals surface area contributed by atoms with Gasteiger partial charge in [0, 0.05) is 4.47 Å². The third-order valence-electron chi connectivity index (χ3n) is 5.45. The van der Waals surface area contributed by atoms with Gasteiger partial charge < -0.3 is 9.47 Å². The molecule has 0 radical (unpaired) electrons. The lowest BCUT2D eigenvalue weighted by Gasteiger charge is -2.51. The third-order valence-corrected chi connectivity index (χ3v) is 6.11. The summed E-state index contributed by atoms with van der Waals surface area (Å²) in [5, 5.41) is 0. The molecule has 1 aliphatic carbocycles. The summed E-state index contributed by atoms with van der Waals surface area (Å²) in [7, 11) is 0. The van der Waals surface area contributed by atoms with Crippen LogP contribution in [0.5, 0.6) is 5.75 Å². The molecule has 1 saturated heterocycles. The van der Waals surface area contributed by atoms with Crippen molar-refractivity contribution in [3.63, 3.8) is 0 Å². The Morgan fingerprint density at radius 1 is 1.30 bits per heavy atom. The van der Waals surface area contributed by atoms with E-state index in [-0.39, 0.29) is 27.7 Å². The van der Waals surface area contributed by atoms with Gasteiger partial charge in [0.15, 0.2) is 0 Å². The highest BCUT2D eigenvalue weighted by molar-refractivity contribution is 9.10. The van der Waals surface area contributed by atoms with Crippen molar-refractivity contribution in [2.45, 2.75) is 44.9 Å².